The minimum atomic E-state index is -3.75. The molecule has 3 fully saturated rings. The number of para-hydroxylation sites is 1. The molecule has 0 spiro atoms. The lowest BCUT2D eigenvalue weighted by Crippen LogP contribution is -2.57. The lowest BCUT2D eigenvalue weighted by atomic mass is 9.69. The van der Waals surface area contributed by atoms with E-state index in [2.05, 4.69) is 10.2 Å². The number of carbonyl (C=O) groups is 1. The zero-order valence-corrected chi connectivity index (χ0v) is 20.6. The molecule has 2 aliphatic carbocycles. The Bertz CT molecular complexity index is 960. The molecule has 182 valence electrons. The van der Waals surface area contributed by atoms with E-state index in [1.54, 1.807) is 11.4 Å². The second kappa shape index (κ2) is 9.55. The van der Waals surface area contributed by atoms with Crippen molar-refractivity contribution in [2.24, 2.45) is 11.8 Å². The molecule has 1 aromatic rings. The highest BCUT2D eigenvalue weighted by atomic mass is 32.2. The van der Waals surface area contributed by atoms with E-state index in [-0.39, 0.29) is 25.0 Å². The second-order valence-electron chi connectivity index (χ2n) is 10.4. The molecule has 0 aromatic heterocycles. The minimum Gasteiger partial charge on any atom is -0.358 e. The van der Waals surface area contributed by atoms with Gasteiger partial charge in [0.15, 0.2) is 0 Å². The summed E-state index contributed by atoms with van der Waals surface area (Å²) in [6.45, 7) is 2.01. The van der Waals surface area contributed by atoms with Crippen LogP contribution >= 0.6 is 0 Å². The zero-order chi connectivity index (χ0) is 23.0. The van der Waals surface area contributed by atoms with Crippen molar-refractivity contribution in [2.45, 2.75) is 76.4 Å². The molecule has 2 aliphatic heterocycles. The van der Waals surface area contributed by atoms with Crippen molar-refractivity contribution in [3.8, 4) is 0 Å². The summed E-state index contributed by atoms with van der Waals surface area (Å²) in [5.74, 6) is 1.57. The van der Waals surface area contributed by atoms with Crippen LogP contribution in [0.3, 0.4) is 0 Å². The highest BCUT2D eigenvalue weighted by Gasteiger charge is 2.43. The van der Waals surface area contributed by atoms with Gasteiger partial charge in [-0.05, 0) is 55.6 Å². The number of fused-ring (bicyclic) bond motifs is 2. The Hall–Kier alpha value is -1.64. The maximum atomic E-state index is 13.6. The highest BCUT2D eigenvalue weighted by Crippen LogP contribution is 2.43. The number of likely N-dealkylation sites (tertiary alicyclic amines) is 1. The number of amides is 1. The van der Waals surface area contributed by atoms with E-state index in [0.29, 0.717) is 6.04 Å². The normalized spacial score (nSPS) is 30.9. The van der Waals surface area contributed by atoms with Crippen molar-refractivity contribution in [3.05, 3.63) is 29.8 Å². The average Bonchev–Trinajstić information content (AvgIpc) is 2.84. The number of rotatable bonds is 4. The molecule has 2 heterocycles. The van der Waals surface area contributed by atoms with Crippen molar-refractivity contribution in [1.29, 1.82) is 0 Å². The van der Waals surface area contributed by atoms with Crippen molar-refractivity contribution in [1.82, 2.24) is 14.5 Å². The molecule has 33 heavy (non-hydrogen) atoms. The van der Waals surface area contributed by atoms with Crippen LogP contribution in [0.5, 0.6) is 0 Å². The van der Waals surface area contributed by atoms with Gasteiger partial charge < -0.3 is 10.2 Å². The number of piperidine rings is 1. The first-order valence-corrected chi connectivity index (χ1v) is 14.2. The van der Waals surface area contributed by atoms with Crippen molar-refractivity contribution < 1.29 is 13.2 Å². The first-order valence-electron chi connectivity index (χ1n) is 12.8. The quantitative estimate of drug-likeness (QED) is 0.728. The largest absolute Gasteiger partial charge is 0.358 e. The summed E-state index contributed by atoms with van der Waals surface area (Å²) in [7, 11) is -2.21. The van der Waals surface area contributed by atoms with E-state index in [4.69, 9.17) is 0 Å². The third-order valence-electron chi connectivity index (χ3n) is 8.61. The van der Waals surface area contributed by atoms with Gasteiger partial charge in [-0.1, -0.05) is 43.9 Å². The van der Waals surface area contributed by atoms with Crippen LogP contribution < -0.4 is 9.62 Å². The summed E-state index contributed by atoms with van der Waals surface area (Å²) in [6.07, 6.45) is 11.3. The lowest BCUT2D eigenvalue weighted by Gasteiger charge is -2.48. The Morgan fingerprint density at radius 2 is 1.70 bits per heavy atom. The van der Waals surface area contributed by atoms with Crippen LogP contribution in [0.2, 0.25) is 0 Å². The first kappa shape index (κ1) is 23.1. The molecular weight excluding hydrogens is 436 g/mol. The monoisotopic (exact) mass is 474 g/mol. The zero-order valence-electron chi connectivity index (χ0n) is 19.8. The van der Waals surface area contributed by atoms with Gasteiger partial charge in [-0.2, -0.15) is 12.7 Å². The summed E-state index contributed by atoms with van der Waals surface area (Å²) in [4.78, 5) is 14.7. The summed E-state index contributed by atoms with van der Waals surface area (Å²) in [5.41, 5.74) is 1.75. The smallest absolute Gasteiger partial charge is 0.305 e. The Morgan fingerprint density at radius 1 is 0.970 bits per heavy atom. The van der Waals surface area contributed by atoms with Crippen LogP contribution in [0.15, 0.2) is 24.3 Å². The van der Waals surface area contributed by atoms with Gasteiger partial charge in [-0.25, -0.2) is 0 Å². The van der Waals surface area contributed by atoms with E-state index in [0.717, 1.165) is 49.0 Å². The number of carbonyl (C=O) groups excluding carboxylic acids is 1. The molecule has 3 unspecified atom stereocenters. The van der Waals surface area contributed by atoms with E-state index >= 15 is 0 Å². The molecule has 0 bridgehead atoms. The van der Waals surface area contributed by atoms with Crippen molar-refractivity contribution in [3.63, 3.8) is 0 Å². The molecule has 8 heteroatoms. The summed E-state index contributed by atoms with van der Waals surface area (Å²) < 4.78 is 30.2. The number of nitrogens with zero attached hydrogens (tertiary/aromatic N) is 3. The van der Waals surface area contributed by atoms with E-state index < -0.39 is 10.2 Å². The average molecular weight is 475 g/mol. The van der Waals surface area contributed by atoms with Gasteiger partial charge >= 0.3 is 10.2 Å². The Balaban J connectivity index is 1.30. The first-order chi connectivity index (χ1) is 16.0. The number of hydrogen-bond donors (Lipinski definition) is 1. The number of benzene rings is 1. The van der Waals surface area contributed by atoms with Gasteiger partial charge in [0.05, 0.1) is 12.2 Å². The Labute approximate surface area is 198 Å². The molecule has 1 saturated heterocycles. The summed E-state index contributed by atoms with van der Waals surface area (Å²) in [6, 6.07) is 8.35. The standard InChI is InChI=1S/C25H38N4O3S/c1-26-25(30)18-28-17-21-8-4-5-9-24(21)29(33(28,31)32)22-12-14-27(15-13-22)23-11-10-19-6-2-3-7-20(19)16-23/h4-5,8-9,19-20,22-23H,2-3,6-7,10-18H2,1H3,(H,26,30). The number of anilines is 1. The molecule has 1 amide bonds. The number of nitrogens with one attached hydrogen (secondary N) is 1. The van der Waals surface area contributed by atoms with Gasteiger partial charge in [0.1, 0.15) is 0 Å². The van der Waals surface area contributed by atoms with Crippen LogP contribution in [0.25, 0.3) is 0 Å². The molecule has 3 atom stereocenters. The third-order valence-corrected chi connectivity index (χ3v) is 10.5. The van der Waals surface area contributed by atoms with Crippen LogP contribution in [0.1, 0.15) is 63.4 Å². The molecular formula is C25H38N4O3S. The predicted molar refractivity (Wildman–Crippen MR) is 130 cm³/mol. The van der Waals surface area contributed by atoms with Crippen LogP contribution in [0.4, 0.5) is 5.69 Å². The highest BCUT2D eigenvalue weighted by molar-refractivity contribution is 7.90. The summed E-state index contributed by atoms with van der Waals surface area (Å²) in [5, 5.41) is 2.56. The predicted octanol–water partition coefficient (Wildman–Crippen LogP) is 3.12. The van der Waals surface area contributed by atoms with Crippen LogP contribution in [0, 0.1) is 11.8 Å². The van der Waals surface area contributed by atoms with Gasteiger partial charge in [-0.15, -0.1) is 0 Å². The van der Waals surface area contributed by atoms with Gasteiger partial charge in [0.2, 0.25) is 5.91 Å². The molecule has 5 rings (SSSR count). The lowest BCUT2D eigenvalue weighted by molar-refractivity contribution is -0.120. The van der Waals surface area contributed by atoms with Crippen LogP contribution in [-0.4, -0.2) is 62.3 Å². The van der Waals surface area contributed by atoms with E-state index in [9.17, 15) is 13.2 Å². The van der Waals surface area contributed by atoms with E-state index in [1.807, 2.05) is 24.3 Å². The van der Waals surface area contributed by atoms with Gasteiger partial charge in [0, 0.05) is 38.8 Å². The SMILES string of the molecule is CNC(=O)CN1Cc2ccccc2N(C2CCN(C3CCC4CCCCC4C3)CC2)S1(=O)=O. The number of likely N-dealkylation sites (N-methyl/N-ethyl adjacent to an activating group) is 1. The summed E-state index contributed by atoms with van der Waals surface area (Å²) >= 11 is 0. The Morgan fingerprint density at radius 3 is 2.45 bits per heavy atom. The maximum absolute atomic E-state index is 13.6. The third kappa shape index (κ3) is 4.54. The Kier molecular flexibility index (Phi) is 6.69. The molecule has 1 N–H and O–H groups in total. The van der Waals surface area contributed by atoms with Gasteiger partial charge in [-0.3, -0.25) is 9.10 Å². The molecule has 7 nitrogen and oxygen atoms in total. The molecule has 0 radical (unpaired) electrons. The van der Waals surface area contributed by atoms with Crippen LogP contribution in [-0.2, 0) is 21.5 Å². The van der Waals surface area contributed by atoms with Crippen molar-refractivity contribution in [2.75, 3.05) is 31.0 Å². The topological polar surface area (TPSA) is 73.0 Å². The molecule has 2 saturated carbocycles. The molecule has 1 aromatic carbocycles. The maximum Gasteiger partial charge on any atom is 0.305 e. The fraction of sp³-hybridized carbons (Fsp3) is 0.720. The number of hydrogen-bond acceptors (Lipinski definition) is 4. The fourth-order valence-corrected chi connectivity index (χ4v) is 8.65. The van der Waals surface area contributed by atoms with E-state index in [1.165, 1.54) is 49.3 Å². The van der Waals surface area contributed by atoms with Gasteiger partial charge in [0.25, 0.3) is 0 Å². The molecule has 4 aliphatic rings. The fourth-order valence-electron chi connectivity index (χ4n) is 6.81. The van der Waals surface area contributed by atoms with Crippen molar-refractivity contribution >= 4 is 21.8 Å². The minimum absolute atomic E-state index is 0.0640. The second-order valence-corrected chi connectivity index (χ2v) is 12.2.